The SMILES string of the molecule is O=C(O)C1=C2c3cnc(OCc4cc5c(-c6ccccc6C(F)(F)F)cn(-c6ccccc6)c5cc4F)cc3C[C@@H]12. The quantitative estimate of drug-likeness (QED) is 0.221. The number of hydrogen-bond acceptors (Lipinski definition) is 3. The van der Waals surface area contributed by atoms with Crippen molar-refractivity contribution in [3.05, 3.63) is 119 Å². The molecule has 5 nitrogen and oxygen atoms in total. The minimum Gasteiger partial charge on any atom is -0.478 e. The number of nitrogens with zero attached hydrogens (tertiary/aromatic N) is 2. The van der Waals surface area contributed by atoms with Crippen LogP contribution in [0.3, 0.4) is 0 Å². The summed E-state index contributed by atoms with van der Waals surface area (Å²) in [5, 5.41) is 9.71. The Hall–Kier alpha value is -4.92. The number of carboxylic acid groups (broad SMARTS) is 1. The van der Waals surface area contributed by atoms with Crippen LogP contribution < -0.4 is 4.74 Å². The Balaban J connectivity index is 1.28. The number of para-hydroxylation sites is 1. The van der Waals surface area contributed by atoms with Crippen LogP contribution in [0.4, 0.5) is 17.6 Å². The van der Waals surface area contributed by atoms with Gasteiger partial charge in [-0.25, -0.2) is 14.2 Å². The number of fused-ring (bicyclic) bond motifs is 4. The molecule has 0 spiro atoms. The summed E-state index contributed by atoms with van der Waals surface area (Å²) in [6.07, 6.45) is -0.852. The van der Waals surface area contributed by atoms with Crippen LogP contribution in [0.25, 0.3) is 33.3 Å². The molecule has 5 aromatic rings. The average molecular weight is 557 g/mol. The molecule has 0 saturated carbocycles. The maximum absolute atomic E-state index is 15.4. The fourth-order valence-corrected chi connectivity index (χ4v) is 5.79. The molecule has 3 aromatic carbocycles. The van der Waals surface area contributed by atoms with E-state index in [1.54, 1.807) is 53.4 Å². The fraction of sp³-hybridized carbons (Fsp3) is 0.125. The number of aromatic nitrogens is 2. The largest absolute Gasteiger partial charge is 0.478 e. The summed E-state index contributed by atoms with van der Waals surface area (Å²) >= 11 is 0. The highest BCUT2D eigenvalue weighted by Gasteiger charge is 2.47. The minimum absolute atomic E-state index is 0.00736. The van der Waals surface area contributed by atoms with Crippen molar-refractivity contribution < 1.29 is 32.2 Å². The number of aliphatic carboxylic acids is 1. The van der Waals surface area contributed by atoms with Crippen molar-refractivity contribution in [3.63, 3.8) is 0 Å². The van der Waals surface area contributed by atoms with Gasteiger partial charge in [0.1, 0.15) is 12.4 Å². The molecule has 204 valence electrons. The molecule has 0 amide bonds. The first-order valence-corrected chi connectivity index (χ1v) is 12.9. The third-order valence-corrected chi connectivity index (χ3v) is 7.72. The van der Waals surface area contributed by atoms with Crippen molar-refractivity contribution in [2.24, 2.45) is 5.92 Å². The lowest BCUT2D eigenvalue weighted by Gasteiger charge is -2.12. The summed E-state index contributed by atoms with van der Waals surface area (Å²) < 4.78 is 64.9. The maximum Gasteiger partial charge on any atom is 0.417 e. The number of allylic oxidation sites excluding steroid dienone is 1. The Morgan fingerprint density at radius 1 is 1.00 bits per heavy atom. The van der Waals surface area contributed by atoms with Gasteiger partial charge in [0.2, 0.25) is 5.88 Å². The van der Waals surface area contributed by atoms with Crippen molar-refractivity contribution in [3.8, 4) is 22.7 Å². The molecule has 0 saturated heterocycles. The summed E-state index contributed by atoms with van der Waals surface area (Å²) in [4.78, 5) is 15.6. The third-order valence-electron chi connectivity index (χ3n) is 7.72. The lowest BCUT2D eigenvalue weighted by Crippen LogP contribution is -2.06. The van der Waals surface area contributed by atoms with E-state index in [0.717, 1.165) is 22.8 Å². The highest BCUT2D eigenvalue weighted by atomic mass is 19.4. The molecular weight excluding hydrogens is 536 g/mol. The van der Waals surface area contributed by atoms with Gasteiger partial charge in [0, 0.05) is 57.7 Å². The van der Waals surface area contributed by atoms with Crippen molar-refractivity contribution in [2.75, 3.05) is 0 Å². The van der Waals surface area contributed by atoms with Gasteiger partial charge in [-0.3, -0.25) is 0 Å². The van der Waals surface area contributed by atoms with Gasteiger partial charge in [-0.2, -0.15) is 13.2 Å². The molecular formula is C32H20F4N2O3. The molecule has 1 atom stereocenters. The first-order chi connectivity index (χ1) is 19.7. The second-order valence-electron chi connectivity index (χ2n) is 10.1. The molecule has 0 unspecified atom stereocenters. The zero-order valence-corrected chi connectivity index (χ0v) is 21.2. The summed E-state index contributed by atoms with van der Waals surface area (Å²) in [7, 11) is 0. The smallest absolute Gasteiger partial charge is 0.417 e. The molecule has 2 aliphatic carbocycles. The van der Waals surface area contributed by atoms with E-state index in [4.69, 9.17) is 4.74 Å². The highest BCUT2D eigenvalue weighted by Crippen LogP contribution is 2.55. The van der Waals surface area contributed by atoms with Gasteiger partial charge in [0.15, 0.2) is 0 Å². The first kappa shape index (κ1) is 25.1. The Kier molecular flexibility index (Phi) is 5.54. The van der Waals surface area contributed by atoms with Crippen LogP contribution in [0.15, 0.2) is 90.8 Å². The summed E-state index contributed by atoms with van der Waals surface area (Å²) in [6.45, 7) is -0.197. The summed E-state index contributed by atoms with van der Waals surface area (Å²) in [5.74, 6) is -1.32. The predicted octanol–water partition coefficient (Wildman–Crippen LogP) is 7.45. The van der Waals surface area contributed by atoms with Crippen LogP contribution in [0, 0.1) is 11.7 Å². The zero-order valence-electron chi connectivity index (χ0n) is 21.2. The summed E-state index contributed by atoms with van der Waals surface area (Å²) in [6, 6.07) is 18.9. The van der Waals surface area contributed by atoms with E-state index in [9.17, 15) is 23.1 Å². The van der Waals surface area contributed by atoms with E-state index in [1.165, 1.54) is 24.3 Å². The molecule has 7 rings (SSSR count). The van der Waals surface area contributed by atoms with Gasteiger partial charge in [-0.05, 0) is 53.5 Å². The lowest BCUT2D eigenvalue weighted by molar-refractivity contribution is -0.137. The number of pyridine rings is 1. The van der Waals surface area contributed by atoms with Crippen molar-refractivity contribution in [1.29, 1.82) is 0 Å². The van der Waals surface area contributed by atoms with E-state index >= 15 is 4.39 Å². The van der Waals surface area contributed by atoms with Crippen LogP contribution in [-0.2, 0) is 24.0 Å². The van der Waals surface area contributed by atoms with Gasteiger partial charge < -0.3 is 14.4 Å². The van der Waals surface area contributed by atoms with Gasteiger partial charge in [-0.15, -0.1) is 0 Å². The van der Waals surface area contributed by atoms with Crippen molar-refractivity contribution in [1.82, 2.24) is 9.55 Å². The zero-order chi connectivity index (χ0) is 28.5. The molecule has 2 aromatic heterocycles. The van der Waals surface area contributed by atoms with Crippen LogP contribution in [-0.4, -0.2) is 20.6 Å². The van der Waals surface area contributed by atoms with E-state index in [0.29, 0.717) is 34.1 Å². The third kappa shape index (κ3) is 4.16. The van der Waals surface area contributed by atoms with Gasteiger partial charge in [0.05, 0.1) is 11.1 Å². The highest BCUT2D eigenvalue weighted by molar-refractivity contribution is 6.11. The molecule has 2 heterocycles. The Morgan fingerprint density at radius 2 is 1.76 bits per heavy atom. The van der Waals surface area contributed by atoms with E-state index < -0.39 is 23.5 Å². The number of hydrogen-bond donors (Lipinski definition) is 1. The second-order valence-corrected chi connectivity index (χ2v) is 10.1. The molecule has 0 fully saturated rings. The molecule has 9 heteroatoms. The Labute approximate surface area is 231 Å². The number of carbonyl (C=O) groups is 1. The molecule has 0 bridgehead atoms. The Morgan fingerprint density at radius 3 is 2.51 bits per heavy atom. The first-order valence-electron chi connectivity index (χ1n) is 12.9. The molecule has 0 radical (unpaired) electrons. The lowest BCUT2D eigenvalue weighted by atomic mass is 9.98. The molecule has 41 heavy (non-hydrogen) atoms. The topological polar surface area (TPSA) is 64.3 Å². The second kappa shape index (κ2) is 9.05. The van der Waals surface area contributed by atoms with Gasteiger partial charge >= 0.3 is 12.1 Å². The van der Waals surface area contributed by atoms with Crippen LogP contribution in [0.1, 0.15) is 22.3 Å². The predicted molar refractivity (Wildman–Crippen MR) is 144 cm³/mol. The van der Waals surface area contributed by atoms with Gasteiger partial charge in [0.25, 0.3) is 0 Å². The molecule has 2 aliphatic rings. The fourth-order valence-electron chi connectivity index (χ4n) is 5.79. The van der Waals surface area contributed by atoms with Crippen LogP contribution in [0.2, 0.25) is 0 Å². The monoisotopic (exact) mass is 556 g/mol. The summed E-state index contributed by atoms with van der Waals surface area (Å²) in [5.41, 5.74) is 3.73. The number of benzene rings is 3. The van der Waals surface area contributed by atoms with E-state index in [1.807, 2.05) is 6.07 Å². The van der Waals surface area contributed by atoms with E-state index in [2.05, 4.69) is 4.98 Å². The maximum atomic E-state index is 15.4. The Bertz CT molecular complexity index is 1910. The normalized spacial score (nSPS) is 15.7. The van der Waals surface area contributed by atoms with Crippen LogP contribution >= 0.6 is 0 Å². The number of ether oxygens (including phenoxy) is 1. The van der Waals surface area contributed by atoms with E-state index in [-0.39, 0.29) is 29.5 Å². The minimum atomic E-state index is -4.58. The number of carboxylic acids is 1. The number of rotatable bonds is 6. The average Bonchev–Trinajstić information content (AvgIpc) is 3.37. The standard InChI is InChI=1S/C32H20F4N2O3/c33-26-13-27-21(11-18(26)16-41-28-12-17-10-22-29(23(17)14-37-28)30(22)31(39)40)24(15-38(27)19-6-2-1-3-7-19)20-8-4-5-9-25(20)32(34,35)36/h1-9,11-15,22H,10,16H2,(H,39,40)/t22-/m1/s1. The molecule has 0 aliphatic heterocycles. The number of halogens is 4. The van der Waals surface area contributed by atoms with Gasteiger partial charge in [-0.1, -0.05) is 36.4 Å². The van der Waals surface area contributed by atoms with Crippen molar-refractivity contribution in [2.45, 2.75) is 19.2 Å². The molecule has 1 N–H and O–H groups in total. The van der Waals surface area contributed by atoms with Crippen molar-refractivity contribution >= 4 is 22.4 Å². The van der Waals surface area contributed by atoms with Crippen LogP contribution in [0.5, 0.6) is 5.88 Å². The number of alkyl halides is 3.